The Balaban J connectivity index is 0.000000204. The number of aliphatic carboxylic acids is 3. The molecule has 27 nitrogen and oxygen atoms in total. The number of aromatic hydroxyl groups is 3. The third-order valence-corrected chi connectivity index (χ3v) is 28.1. The lowest BCUT2D eigenvalue weighted by molar-refractivity contribution is -0.141. The van der Waals surface area contributed by atoms with Crippen molar-refractivity contribution in [1.82, 2.24) is 0 Å². The van der Waals surface area contributed by atoms with Gasteiger partial charge in [0.05, 0.1) is 113 Å². The fraction of sp³-hybridized carbons (Fsp3) is 0.355. The number of carbonyl (C=O) groups excluding carboxylic acids is 9. The first-order chi connectivity index (χ1) is 62.0. The van der Waals surface area contributed by atoms with Crippen molar-refractivity contribution in [2.45, 2.75) is 120 Å². The van der Waals surface area contributed by atoms with Gasteiger partial charge < -0.3 is 73.3 Å². The van der Waals surface area contributed by atoms with Crippen LogP contribution >= 0.6 is 79.6 Å². The molecule has 6 heterocycles. The van der Waals surface area contributed by atoms with Crippen molar-refractivity contribution in [3.8, 4) is 69.0 Å². The van der Waals surface area contributed by atoms with Crippen molar-refractivity contribution in [1.29, 1.82) is 0 Å². The Bertz CT molecular complexity index is 6180. The Morgan fingerprint density at radius 3 is 0.863 bits per heavy atom. The fourth-order valence-corrected chi connectivity index (χ4v) is 19.4. The zero-order valence-electron chi connectivity index (χ0n) is 72.7. The van der Waals surface area contributed by atoms with Crippen LogP contribution in [0.15, 0.2) is 78.9 Å². The third kappa shape index (κ3) is 24.7. The zero-order chi connectivity index (χ0) is 96.0. The Hall–Kier alpha value is -11.9. The first-order valence-corrected chi connectivity index (χ1v) is 46.0. The van der Waals surface area contributed by atoms with Crippen LogP contribution < -0.4 is 42.6 Å². The van der Waals surface area contributed by atoms with E-state index < -0.39 is 105 Å². The van der Waals surface area contributed by atoms with Crippen molar-refractivity contribution < 1.29 is 148 Å². The minimum atomic E-state index is -1.10. The minimum absolute atomic E-state index is 0.00477. The summed E-state index contributed by atoms with van der Waals surface area (Å²) in [6.45, 7) is 13.7. The molecule has 6 aromatic carbocycles. The summed E-state index contributed by atoms with van der Waals surface area (Å²) in [5.74, 6) is -13.4. The third-order valence-electron chi connectivity index (χ3n) is 21.0. The van der Waals surface area contributed by atoms with E-state index in [0.29, 0.717) is 67.2 Å². The van der Waals surface area contributed by atoms with Crippen LogP contribution in [0.2, 0.25) is 5.02 Å². The number of methoxy groups -OCH3 is 3. The monoisotopic (exact) mass is 1940 g/mol. The number of Topliss-reactive ketones (excluding diaryl/α,β-unsaturated/α-hetero) is 9. The van der Waals surface area contributed by atoms with Gasteiger partial charge in [-0.25, -0.2) is 17.6 Å². The van der Waals surface area contributed by atoms with Crippen molar-refractivity contribution in [3.63, 3.8) is 0 Å². The molecule has 0 aliphatic carbocycles. The lowest BCUT2D eigenvalue weighted by Gasteiger charge is -2.14. The summed E-state index contributed by atoms with van der Waals surface area (Å²) >= 11 is 13.2. The molecule has 696 valence electrons. The van der Waals surface area contributed by atoms with Gasteiger partial charge in [0.1, 0.15) is 17.3 Å². The number of carbonyl (C=O) groups is 12. The van der Waals surface area contributed by atoms with E-state index in [1.54, 1.807) is 51.1 Å². The molecule has 131 heavy (non-hydrogen) atoms. The summed E-state index contributed by atoms with van der Waals surface area (Å²) in [6, 6.07) is 19.5. The first-order valence-electron chi connectivity index (χ1n) is 40.8. The number of carboxylic acids is 3. The quantitative estimate of drug-likeness (QED) is 0.0117. The molecule has 0 spiro atoms. The van der Waals surface area contributed by atoms with Gasteiger partial charge >= 0.3 is 17.9 Å². The highest BCUT2D eigenvalue weighted by Crippen LogP contribution is 2.48. The van der Waals surface area contributed by atoms with Gasteiger partial charge in [-0.2, -0.15) is 0 Å². The highest BCUT2D eigenvalue weighted by Gasteiger charge is 2.31. The van der Waals surface area contributed by atoms with E-state index in [1.165, 1.54) is 134 Å². The first kappa shape index (κ1) is 101. The molecule has 6 aromatic heterocycles. The molecule has 6 N–H and O–H groups in total. The highest BCUT2D eigenvalue weighted by molar-refractivity contribution is 7.23. The van der Waals surface area contributed by atoms with Gasteiger partial charge in [0.15, 0.2) is 127 Å². The van der Waals surface area contributed by atoms with Crippen LogP contribution in [-0.4, -0.2) is 162 Å². The number of hydrogen-bond donors (Lipinski definition) is 6. The second-order valence-corrected chi connectivity index (χ2v) is 37.9. The SMILES string of the molecule is COc1cc2sc(C(=O)C[C@H](C)C(=O)O)cc2c(Cl)c1OCCCOc1c(O)cc2sc(C(=O)C[C@H](C)C(C)=O)cc2c1F.COc1cc2sc(C(=O)C[C@H](C)C(=O)O)cc2c(F)c1OCCCOc1c(O)cc2sc(C(=O)C[C@H](C)C(C)=O)cc2c1F.COc1cc2sc(C(=O)C[C@H](C)C(=O)O)cc2cc1OCCCOc1c(O)cc2sc(C(=O)C[C@H](C)C(C)=O)cc2c1F. The Morgan fingerprint density at radius 1 is 0.305 bits per heavy atom. The van der Waals surface area contributed by atoms with Crippen LogP contribution in [0.4, 0.5) is 17.6 Å². The lowest BCUT2D eigenvalue weighted by atomic mass is 10.00. The van der Waals surface area contributed by atoms with Gasteiger partial charge in [0, 0.05) is 167 Å². The van der Waals surface area contributed by atoms with Crippen LogP contribution in [0.25, 0.3) is 60.5 Å². The summed E-state index contributed by atoms with van der Waals surface area (Å²) in [5.41, 5.74) is 0. The molecule has 0 fully saturated rings. The summed E-state index contributed by atoms with van der Waals surface area (Å²) in [4.78, 5) is 145. The molecule has 0 bridgehead atoms. The highest BCUT2D eigenvalue weighted by atomic mass is 35.5. The average molecular weight is 1940 g/mol. The molecule has 12 aromatic rings. The lowest BCUT2D eigenvalue weighted by Crippen LogP contribution is -2.13. The fourth-order valence-electron chi connectivity index (χ4n) is 12.8. The Labute approximate surface area is 775 Å². The Kier molecular flexibility index (Phi) is 34.7. The summed E-state index contributed by atoms with van der Waals surface area (Å²) in [7, 11) is 4.26. The van der Waals surface area contributed by atoms with Gasteiger partial charge in [0.25, 0.3) is 0 Å². The predicted molar refractivity (Wildman–Crippen MR) is 491 cm³/mol. The molecule has 6 atom stereocenters. The van der Waals surface area contributed by atoms with E-state index >= 15 is 17.6 Å². The summed E-state index contributed by atoms with van der Waals surface area (Å²) in [6.07, 6.45) is 0.323. The van der Waals surface area contributed by atoms with Crippen LogP contribution in [-0.2, 0) is 28.8 Å². The molecule has 0 aliphatic rings. The average Bonchev–Trinajstić information content (AvgIpc) is 1.81. The number of carboxylic acid groups (broad SMARTS) is 3. The molecule has 0 radical (unpaired) electrons. The number of phenols is 3. The standard InChI is InChI=1S/C31H30ClFO9S2.C31H30F2O9S2.C31H31FO9S2/c1-14(16(3)34)8-19(35)26-11-18-23(43-26)12-21(37)29(28(18)33)41-6-5-7-42-30-22(40-4)13-24-17(27(30)32)10-25(44-24)20(36)9-15(2)31(38)39;1-14(16(3)34)8-19(35)25-10-17-23(43-25)12-21(37)29(27(17)32)41-6-5-7-42-30-22(40-4)13-24-18(28(30)33)11-26(44-24)20(36)9-15(2)31(38)39;1-15(17(3)33)8-20(34)28-12-19-26(43-28)13-22(36)30(29(19)32)41-7-5-6-40-24-10-18-11-27(21(35)9-16(2)31(37)38)42-25(18)14-23(24)39-4/h2*10-15,37H,5-9H2,1-4H3,(H,38,39);10-16,36H,5-9H2,1-4H3,(H,37,38)/t2*14-,15-;15-,16-/m000/s1. The number of halogens is 5. The van der Waals surface area contributed by atoms with Gasteiger partial charge in [-0.1, -0.05) is 53.1 Å². The van der Waals surface area contributed by atoms with Crippen molar-refractivity contribution in [2.75, 3.05) is 61.0 Å². The van der Waals surface area contributed by atoms with E-state index in [1.807, 2.05) is 0 Å². The van der Waals surface area contributed by atoms with E-state index in [2.05, 4.69) is 0 Å². The smallest absolute Gasteiger partial charge is 0.306 e. The molecule has 0 unspecified atom stereocenters. The van der Waals surface area contributed by atoms with Crippen LogP contribution in [0.3, 0.4) is 0 Å². The number of phenolic OH excluding ortho intramolecular Hbond substituents is 3. The maximum Gasteiger partial charge on any atom is 0.306 e. The summed E-state index contributed by atoms with van der Waals surface area (Å²) in [5, 5.41) is 60.5. The largest absolute Gasteiger partial charge is 0.504 e. The maximum atomic E-state index is 15.4. The second kappa shape index (κ2) is 44.8. The number of ketones is 9. The number of ether oxygens (including phenoxy) is 9. The number of thiophene rings is 6. The summed E-state index contributed by atoms with van der Waals surface area (Å²) < 4.78 is 114. The van der Waals surface area contributed by atoms with Gasteiger partial charge in [0.2, 0.25) is 0 Å². The topological polar surface area (TPSA) is 409 Å². The molecule has 0 amide bonds. The normalized spacial score (nSPS) is 12.7. The van der Waals surface area contributed by atoms with E-state index in [0.717, 1.165) is 55.4 Å². The molecule has 0 saturated heterocycles. The van der Waals surface area contributed by atoms with Crippen LogP contribution in [0, 0.1) is 58.8 Å². The van der Waals surface area contributed by atoms with Gasteiger partial charge in [-0.05, 0) is 68.6 Å². The maximum absolute atomic E-state index is 15.4. The van der Waals surface area contributed by atoms with Crippen molar-refractivity contribution >= 4 is 210 Å². The number of hydrogen-bond acceptors (Lipinski definition) is 30. The van der Waals surface area contributed by atoms with Crippen LogP contribution in [0.5, 0.6) is 69.0 Å². The van der Waals surface area contributed by atoms with Gasteiger partial charge in [-0.3, -0.25) is 57.5 Å². The molecule has 0 saturated carbocycles. The zero-order valence-corrected chi connectivity index (χ0v) is 78.3. The number of benzene rings is 6. The van der Waals surface area contributed by atoms with E-state index in [9.17, 15) is 72.9 Å². The predicted octanol–water partition coefficient (Wildman–Crippen LogP) is 21.5. The van der Waals surface area contributed by atoms with Crippen molar-refractivity contribution in [3.05, 3.63) is 136 Å². The van der Waals surface area contributed by atoms with Crippen LogP contribution in [0.1, 0.15) is 178 Å². The molecule has 0 aliphatic heterocycles. The minimum Gasteiger partial charge on any atom is -0.504 e. The Morgan fingerprint density at radius 2 is 0.550 bits per heavy atom. The van der Waals surface area contributed by atoms with E-state index in [4.69, 9.17) is 69.6 Å². The van der Waals surface area contributed by atoms with Crippen molar-refractivity contribution in [2.24, 2.45) is 35.5 Å². The molecular weight excluding hydrogens is 1850 g/mol. The van der Waals surface area contributed by atoms with E-state index in [-0.39, 0.29) is 207 Å². The number of fused-ring (bicyclic) bond motifs is 6. The van der Waals surface area contributed by atoms with Gasteiger partial charge in [-0.15, -0.1) is 68.0 Å². The molecule has 38 heteroatoms. The second-order valence-electron chi connectivity index (χ2n) is 31.0. The molecule has 12 rings (SSSR count). The number of rotatable bonds is 45. The molecular formula is C93H91ClF4O27S6.